The molecule has 0 radical (unpaired) electrons. The SMILES string of the molecule is C1CCOC1.C1CCOC1.CC#N. The smallest absolute Gasteiger partial charge is 0.0587 e. The van der Waals surface area contributed by atoms with E-state index in [1.165, 1.54) is 32.6 Å². The van der Waals surface area contributed by atoms with E-state index in [9.17, 15) is 0 Å². The van der Waals surface area contributed by atoms with Gasteiger partial charge < -0.3 is 9.47 Å². The van der Waals surface area contributed by atoms with Crippen molar-refractivity contribution in [2.75, 3.05) is 26.4 Å². The van der Waals surface area contributed by atoms with Crippen molar-refractivity contribution in [3.8, 4) is 6.07 Å². The van der Waals surface area contributed by atoms with E-state index in [2.05, 4.69) is 0 Å². The quantitative estimate of drug-likeness (QED) is 0.580. The van der Waals surface area contributed by atoms with Gasteiger partial charge in [-0.2, -0.15) is 5.26 Å². The molecule has 3 nitrogen and oxygen atoms in total. The van der Waals surface area contributed by atoms with Crippen LogP contribution >= 0.6 is 0 Å². The van der Waals surface area contributed by atoms with Crippen LogP contribution < -0.4 is 0 Å². The van der Waals surface area contributed by atoms with Crippen molar-refractivity contribution < 1.29 is 9.47 Å². The molecule has 2 rings (SSSR count). The minimum atomic E-state index is 1.00. The van der Waals surface area contributed by atoms with Crippen molar-refractivity contribution >= 4 is 0 Å². The predicted molar refractivity (Wildman–Crippen MR) is 51.4 cm³/mol. The van der Waals surface area contributed by atoms with Crippen LogP contribution in [-0.2, 0) is 9.47 Å². The van der Waals surface area contributed by atoms with Crippen LogP contribution in [0.5, 0.6) is 0 Å². The number of hydrogen-bond donors (Lipinski definition) is 0. The monoisotopic (exact) mass is 185 g/mol. The normalized spacial score (nSPS) is 19.1. The third kappa shape index (κ3) is 11.4. The van der Waals surface area contributed by atoms with Gasteiger partial charge in [0.2, 0.25) is 0 Å². The molecule has 2 heterocycles. The first kappa shape index (κ1) is 12.4. The first-order chi connectivity index (χ1) is 6.41. The third-order valence-corrected chi connectivity index (χ3v) is 1.65. The summed E-state index contributed by atoms with van der Waals surface area (Å²) in [5.74, 6) is 0. The van der Waals surface area contributed by atoms with Gasteiger partial charge in [-0.05, 0) is 25.7 Å². The summed E-state index contributed by atoms with van der Waals surface area (Å²) in [7, 11) is 0. The molecule has 2 aliphatic rings. The van der Waals surface area contributed by atoms with Crippen molar-refractivity contribution in [1.82, 2.24) is 0 Å². The fourth-order valence-electron chi connectivity index (χ4n) is 1.02. The van der Waals surface area contributed by atoms with Crippen LogP contribution in [0.3, 0.4) is 0 Å². The maximum absolute atomic E-state index is 7.32. The summed E-state index contributed by atoms with van der Waals surface area (Å²) in [6, 6.07) is 1.75. The minimum Gasteiger partial charge on any atom is -0.381 e. The highest BCUT2D eigenvalue weighted by molar-refractivity contribution is 4.51. The first-order valence-electron chi connectivity index (χ1n) is 4.88. The number of nitriles is 1. The summed E-state index contributed by atoms with van der Waals surface area (Å²) >= 11 is 0. The summed E-state index contributed by atoms with van der Waals surface area (Å²) in [5.41, 5.74) is 0. The van der Waals surface area contributed by atoms with Crippen molar-refractivity contribution in [3.05, 3.63) is 0 Å². The number of hydrogen-bond acceptors (Lipinski definition) is 3. The van der Waals surface area contributed by atoms with Crippen LogP contribution in [-0.4, -0.2) is 26.4 Å². The lowest BCUT2D eigenvalue weighted by atomic mass is 10.4. The molecule has 0 aromatic carbocycles. The van der Waals surface area contributed by atoms with Gasteiger partial charge in [-0.15, -0.1) is 0 Å². The zero-order chi connectivity index (χ0) is 9.78. The Balaban J connectivity index is 0.000000174. The molecule has 0 unspecified atom stereocenters. The molecule has 0 N–H and O–H groups in total. The molecule has 3 heteroatoms. The van der Waals surface area contributed by atoms with Gasteiger partial charge in [-0.3, -0.25) is 0 Å². The van der Waals surface area contributed by atoms with E-state index in [1.807, 2.05) is 0 Å². The first-order valence-corrected chi connectivity index (χ1v) is 4.88. The zero-order valence-electron chi connectivity index (χ0n) is 8.42. The van der Waals surface area contributed by atoms with E-state index in [4.69, 9.17) is 14.7 Å². The largest absolute Gasteiger partial charge is 0.381 e. The van der Waals surface area contributed by atoms with Crippen molar-refractivity contribution in [1.29, 1.82) is 5.26 Å². The second-order valence-electron chi connectivity index (χ2n) is 2.86. The van der Waals surface area contributed by atoms with E-state index in [1.54, 1.807) is 6.07 Å². The third-order valence-electron chi connectivity index (χ3n) is 1.65. The van der Waals surface area contributed by atoms with E-state index in [0.717, 1.165) is 26.4 Å². The van der Waals surface area contributed by atoms with Crippen LogP contribution in [0.2, 0.25) is 0 Å². The fraction of sp³-hybridized carbons (Fsp3) is 0.900. The van der Waals surface area contributed by atoms with Crippen LogP contribution in [0.1, 0.15) is 32.6 Å². The van der Waals surface area contributed by atoms with Crippen LogP contribution in [0.4, 0.5) is 0 Å². The highest BCUT2D eigenvalue weighted by atomic mass is 16.5. The Morgan fingerprint density at radius 1 is 0.846 bits per heavy atom. The molecule has 0 saturated carbocycles. The molecular weight excluding hydrogens is 166 g/mol. The molecule has 0 bridgehead atoms. The van der Waals surface area contributed by atoms with Crippen LogP contribution in [0, 0.1) is 11.3 Å². The molecule has 2 aliphatic heterocycles. The average Bonchev–Trinajstić information content (AvgIpc) is 2.85. The van der Waals surface area contributed by atoms with Crippen LogP contribution in [0.15, 0.2) is 0 Å². The lowest BCUT2D eigenvalue weighted by Crippen LogP contribution is -1.74. The van der Waals surface area contributed by atoms with E-state index >= 15 is 0 Å². The maximum atomic E-state index is 7.32. The summed E-state index contributed by atoms with van der Waals surface area (Å²) in [6.07, 6.45) is 5.11. The van der Waals surface area contributed by atoms with E-state index in [0.29, 0.717) is 0 Å². The Morgan fingerprint density at radius 3 is 1.15 bits per heavy atom. The Bertz CT molecular complexity index is 98.2. The summed E-state index contributed by atoms with van der Waals surface area (Å²) in [5, 5.41) is 7.32. The number of rotatable bonds is 0. The molecule has 0 atom stereocenters. The summed E-state index contributed by atoms with van der Waals surface area (Å²) in [4.78, 5) is 0. The van der Waals surface area contributed by atoms with E-state index < -0.39 is 0 Å². The van der Waals surface area contributed by atoms with Gasteiger partial charge in [0, 0.05) is 33.4 Å². The molecule has 0 aromatic rings. The van der Waals surface area contributed by atoms with Gasteiger partial charge >= 0.3 is 0 Å². The van der Waals surface area contributed by atoms with Gasteiger partial charge in [0.1, 0.15) is 0 Å². The highest BCUT2D eigenvalue weighted by Gasteiger charge is 1.95. The molecule has 76 valence electrons. The Hall–Kier alpha value is -0.590. The molecular formula is C10H19NO2. The summed E-state index contributed by atoms with van der Waals surface area (Å²) in [6.45, 7) is 5.43. The zero-order valence-corrected chi connectivity index (χ0v) is 8.42. The molecule has 0 aliphatic carbocycles. The molecule has 2 saturated heterocycles. The van der Waals surface area contributed by atoms with Crippen molar-refractivity contribution in [2.24, 2.45) is 0 Å². The second-order valence-corrected chi connectivity index (χ2v) is 2.86. The topological polar surface area (TPSA) is 42.2 Å². The average molecular weight is 185 g/mol. The van der Waals surface area contributed by atoms with Crippen LogP contribution in [0.25, 0.3) is 0 Å². The Labute approximate surface area is 80.6 Å². The maximum Gasteiger partial charge on any atom is 0.0587 e. The lowest BCUT2D eigenvalue weighted by Gasteiger charge is -1.76. The second kappa shape index (κ2) is 11.4. The number of nitrogens with zero attached hydrogens (tertiary/aromatic N) is 1. The molecule has 2 fully saturated rings. The predicted octanol–water partition coefficient (Wildman–Crippen LogP) is 2.12. The van der Waals surface area contributed by atoms with Gasteiger partial charge in [0.05, 0.1) is 6.07 Å². The van der Waals surface area contributed by atoms with Crippen molar-refractivity contribution in [3.63, 3.8) is 0 Å². The van der Waals surface area contributed by atoms with Gasteiger partial charge in [0.25, 0.3) is 0 Å². The van der Waals surface area contributed by atoms with Crippen molar-refractivity contribution in [2.45, 2.75) is 32.6 Å². The number of ether oxygens (including phenoxy) is 2. The fourth-order valence-corrected chi connectivity index (χ4v) is 1.02. The van der Waals surface area contributed by atoms with Gasteiger partial charge in [-0.25, -0.2) is 0 Å². The molecule has 13 heavy (non-hydrogen) atoms. The minimum absolute atomic E-state index is 1.00. The van der Waals surface area contributed by atoms with Gasteiger partial charge in [-0.1, -0.05) is 0 Å². The molecule has 0 spiro atoms. The summed E-state index contributed by atoms with van der Waals surface area (Å²) < 4.78 is 9.89. The Morgan fingerprint density at radius 2 is 1.08 bits per heavy atom. The lowest BCUT2D eigenvalue weighted by molar-refractivity contribution is 0.198. The Kier molecular flexibility index (Phi) is 10.9. The molecule has 0 amide bonds. The van der Waals surface area contributed by atoms with E-state index in [-0.39, 0.29) is 0 Å². The van der Waals surface area contributed by atoms with Gasteiger partial charge in [0.15, 0.2) is 0 Å². The molecule has 0 aromatic heterocycles. The highest BCUT2D eigenvalue weighted by Crippen LogP contribution is 1.98. The standard InChI is InChI=1S/2C4H8O.C2H3N/c2*1-2-4-5-3-1;1-2-3/h2*1-4H2;1H3.